The van der Waals surface area contributed by atoms with Gasteiger partial charge < -0.3 is 14.2 Å². The summed E-state index contributed by atoms with van der Waals surface area (Å²) in [7, 11) is 0. The Morgan fingerprint density at radius 1 is 0.867 bits per heavy atom. The van der Waals surface area contributed by atoms with Crippen LogP contribution in [0.15, 0.2) is 78.9 Å². The Morgan fingerprint density at radius 2 is 1.50 bits per heavy atom. The summed E-state index contributed by atoms with van der Waals surface area (Å²) in [5.41, 5.74) is 0.871. The van der Waals surface area contributed by atoms with Crippen LogP contribution >= 0.6 is 11.6 Å². The molecule has 0 bridgehead atoms. The molecule has 0 fully saturated rings. The highest BCUT2D eigenvalue weighted by Gasteiger charge is 2.37. The third-order valence-corrected chi connectivity index (χ3v) is 4.83. The molecule has 0 saturated carbocycles. The van der Waals surface area contributed by atoms with E-state index in [4.69, 9.17) is 25.8 Å². The zero-order valence-electron chi connectivity index (χ0n) is 17.1. The third kappa shape index (κ3) is 6.01. The Bertz CT molecular complexity index is 939. The normalized spacial score (nSPS) is 12.6. The molecule has 0 amide bonds. The van der Waals surface area contributed by atoms with Crippen molar-refractivity contribution in [3.8, 4) is 11.5 Å². The summed E-state index contributed by atoms with van der Waals surface area (Å²) in [5, 5.41) is 0.603. The second kappa shape index (κ2) is 10.2. The van der Waals surface area contributed by atoms with Gasteiger partial charge in [-0.2, -0.15) is 0 Å². The lowest BCUT2D eigenvalue weighted by Gasteiger charge is -2.28. The van der Waals surface area contributed by atoms with E-state index < -0.39 is 11.6 Å². The van der Waals surface area contributed by atoms with Crippen molar-refractivity contribution in [1.29, 1.82) is 0 Å². The lowest BCUT2D eigenvalue weighted by molar-refractivity contribution is -0.160. The molecular formula is C25H25ClO4. The molecule has 30 heavy (non-hydrogen) atoms. The largest absolute Gasteiger partial charge is 0.489 e. The van der Waals surface area contributed by atoms with E-state index in [2.05, 4.69) is 0 Å². The summed E-state index contributed by atoms with van der Waals surface area (Å²) in [6, 6.07) is 24.6. The van der Waals surface area contributed by atoms with Crippen LogP contribution in [0, 0.1) is 0 Å². The van der Waals surface area contributed by atoms with E-state index >= 15 is 0 Å². The maximum Gasteiger partial charge on any atom is 0.350 e. The van der Waals surface area contributed by atoms with Gasteiger partial charge in [0.05, 0.1) is 6.61 Å². The summed E-state index contributed by atoms with van der Waals surface area (Å²) in [6.45, 7) is 4.30. The molecule has 4 nitrogen and oxygen atoms in total. The molecule has 0 N–H and O–H groups in total. The van der Waals surface area contributed by atoms with Crippen molar-refractivity contribution in [2.45, 2.75) is 32.5 Å². The molecule has 0 aromatic heterocycles. The molecule has 5 heteroatoms. The van der Waals surface area contributed by atoms with Crippen LogP contribution in [0.4, 0.5) is 0 Å². The van der Waals surface area contributed by atoms with Crippen molar-refractivity contribution in [2.24, 2.45) is 0 Å². The molecule has 0 aliphatic heterocycles. The van der Waals surface area contributed by atoms with Gasteiger partial charge in [0.1, 0.15) is 18.1 Å². The van der Waals surface area contributed by atoms with Crippen LogP contribution in [0.2, 0.25) is 5.02 Å². The molecule has 0 saturated heterocycles. The molecule has 3 aromatic carbocycles. The average molecular weight is 425 g/mol. The minimum Gasteiger partial charge on any atom is -0.489 e. The van der Waals surface area contributed by atoms with Crippen molar-refractivity contribution < 1.29 is 19.0 Å². The predicted octanol–water partition coefficient (Wildman–Crippen LogP) is 5.86. The van der Waals surface area contributed by atoms with Crippen LogP contribution in [0.5, 0.6) is 11.5 Å². The van der Waals surface area contributed by atoms with Crippen LogP contribution in [0.1, 0.15) is 25.0 Å². The Balaban J connectivity index is 1.70. The van der Waals surface area contributed by atoms with Crippen LogP contribution in [0.25, 0.3) is 0 Å². The fourth-order valence-electron chi connectivity index (χ4n) is 3.03. The molecule has 0 spiro atoms. The maximum absolute atomic E-state index is 12.7. The van der Waals surface area contributed by atoms with E-state index in [-0.39, 0.29) is 6.61 Å². The Morgan fingerprint density at radius 3 is 2.13 bits per heavy atom. The van der Waals surface area contributed by atoms with Crippen molar-refractivity contribution in [1.82, 2.24) is 0 Å². The Kier molecular flexibility index (Phi) is 7.36. The van der Waals surface area contributed by atoms with E-state index in [9.17, 15) is 4.79 Å². The monoisotopic (exact) mass is 424 g/mol. The number of hydrogen-bond acceptors (Lipinski definition) is 4. The third-order valence-electron chi connectivity index (χ3n) is 4.58. The molecule has 3 aromatic rings. The molecule has 156 valence electrons. The first kappa shape index (κ1) is 21.7. The first-order valence-electron chi connectivity index (χ1n) is 9.86. The first-order valence-corrected chi connectivity index (χ1v) is 10.2. The quantitative estimate of drug-likeness (QED) is 0.403. The Labute approximate surface area is 182 Å². The van der Waals surface area contributed by atoms with Crippen LogP contribution < -0.4 is 9.47 Å². The van der Waals surface area contributed by atoms with Crippen molar-refractivity contribution in [2.75, 3.05) is 6.61 Å². The van der Waals surface area contributed by atoms with Gasteiger partial charge in [-0.25, -0.2) is 4.79 Å². The second-order valence-electron chi connectivity index (χ2n) is 7.10. The molecule has 1 atom stereocenters. The standard InChI is InChI=1S/C25H25ClO4/c1-3-28-24(27)25(2,30-23-15-11-21(26)12-16-23)17-19-9-13-22(14-10-19)29-18-20-7-5-4-6-8-20/h4-16H,3,17-18H2,1-2H3. The van der Waals surface area contributed by atoms with Crippen LogP contribution in [0.3, 0.4) is 0 Å². The van der Waals surface area contributed by atoms with E-state index in [1.54, 1.807) is 38.1 Å². The minimum atomic E-state index is -1.17. The SMILES string of the molecule is CCOC(=O)C(C)(Cc1ccc(OCc2ccccc2)cc1)Oc1ccc(Cl)cc1. The number of carbonyl (C=O) groups is 1. The van der Waals surface area contributed by atoms with E-state index in [1.165, 1.54) is 0 Å². The zero-order valence-corrected chi connectivity index (χ0v) is 17.9. The lowest BCUT2D eigenvalue weighted by atomic mass is 9.96. The first-order chi connectivity index (χ1) is 14.5. The number of hydrogen-bond donors (Lipinski definition) is 0. The minimum absolute atomic E-state index is 0.282. The molecule has 3 rings (SSSR count). The van der Waals surface area contributed by atoms with Gasteiger partial charge in [0.15, 0.2) is 0 Å². The lowest BCUT2D eigenvalue weighted by Crippen LogP contribution is -2.45. The van der Waals surface area contributed by atoms with Gasteiger partial charge in [-0.1, -0.05) is 54.1 Å². The highest BCUT2D eigenvalue weighted by Crippen LogP contribution is 2.26. The van der Waals surface area contributed by atoms with Gasteiger partial charge in [0.25, 0.3) is 0 Å². The number of carbonyl (C=O) groups excluding carboxylic acids is 1. The Hall–Kier alpha value is -2.98. The fraction of sp³-hybridized carbons (Fsp3) is 0.240. The number of benzene rings is 3. The molecule has 1 unspecified atom stereocenters. The van der Waals surface area contributed by atoms with Gasteiger partial charge >= 0.3 is 5.97 Å². The van der Waals surface area contributed by atoms with Gasteiger partial charge in [0, 0.05) is 11.4 Å². The number of ether oxygens (including phenoxy) is 3. The molecular weight excluding hydrogens is 400 g/mol. The van der Waals surface area contributed by atoms with E-state index in [0.717, 1.165) is 16.9 Å². The maximum atomic E-state index is 12.7. The molecule has 0 heterocycles. The van der Waals surface area contributed by atoms with Gasteiger partial charge in [-0.3, -0.25) is 0 Å². The zero-order chi connectivity index (χ0) is 21.4. The smallest absolute Gasteiger partial charge is 0.350 e. The van der Waals surface area contributed by atoms with Crippen molar-refractivity contribution in [3.63, 3.8) is 0 Å². The van der Waals surface area contributed by atoms with E-state index in [0.29, 0.717) is 23.8 Å². The number of rotatable bonds is 9. The van der Waals surface area contributed by atoms with Gasteiger partial charge in [0.2, 0.25) is 5.60 Å². The number of halogens is 1. The van der Waals surface area contributed by atoms with Gasteiger partial charge in [-0.15, -0.1) is 0 Å². The summed E-state index contributed by atoms with van der Waals surface area (Å²) in [5.74, 6) is 0.904. The van der Waals surface area contributed by atoms with E-state index in [1.807, 2.05) is 54.6 Å². The second-order valence-corrected chi connectivity index (χ2v) is 7.54. The summed E-state index contributed by atoms with van der Waals surface area (Å²) < 4.78 is 17.2. The fourth-order valence-corrected chi connectivity index (χ4v) is 3.16. The highest BCUT2D eigenvalue weighted by atomic mass is 35.5. The summed E-state index contributed by atoms with van der Waals surface area (Å²) in [6.07, 6.45) is 0.355. The van der Waals surface area contributed by atoms with Crippen LogP contribution in [-0.4, -0.2) is 18.2 Å². The summed E-state index contributed by atoms with van der Waals surface area (Å²) in [4.78, 5) is 12.7. The van der Waals surface area contributed by atoms with Crippen LogP contribution in [-0.2, 0) is 22.6 Å². The topological polar surface area (TPSA) is 44.8 Å². The highest BCUT2D eigenvalue weighted by molar-refractivity contribution is 6.30. The number of esters is 1. The molecule has 0 radical (unpaired) electrons. The average Bonchev–Trinajstić information content (AvgIpc) is 2.76. The predicted molar refractivity (Wildman–Crippen MR) is 118 cm³/mol. The van der Waals surface area contributed by atoms with Gasteiger partial charge in [-0.05, 0) is 61.4 Å². The molecule has 0 aliphatic carbocycles. The van der Waals surface area contributed by atoms with Crippen molar-refractivity contribution >= 4 is 17.6 Å². The van der Waals surface area contributed by atoms with Crippen molar-refractivity contribution in [3.05, 3.63) is 95.0 Å². The molecule has 0 aliphatic rings. The summed E-state index contributed by atoms with van der Waals surface area (Å²) >= 11 is 5.95.